The Morgan fingerprint density at radius 2 is 0.462 bits per heavy atom. The van der Waals surface area contributed by atoms with Gasteiger partial charge in [-0.1, -0.05) is 320 Å². The van der Waals surface area contributed by atoms with Crippen LogP contribution < -0.4 is 0 Å². The van der Waals surface area contributed by atoms with Gasteiger partial charge >= 0.3 is 17.9 Å². The van der Waals surface area contributed by atoms with E-state index in [2.05, 4.69) is 69.4 Å². The average Bonchev–Trinajstić information content (AvgIpc) is 3.44. The van der Waals surface area contributed by atoms with Crippen molar-refractivity contribution in [3.63, 3.8) is 0 Å². The second kappa shape index (κ2) is 66.9. The van der Waals surface area contributed by atoms with Gasteiger partial charge in [-0.3, -0.25) is 14.4 Å². The highest BCUT2D eigenvalue weighted by molar-refractivity contribution is 5.71. The van der Waals surface area contributed by atoms with Gasteiger partial charge in [0.25, 0.3) is 0 Å². The molecule has 6 heteroatoms. The highest BCUT2D eigenvalue weighted by atomic mass is 16.6. The third-order valence-corrected chi connectivity index (χ3v) is 15.6. The number of carbonyl (C=O) groups is 3. The lowest BCUT2D eigenvalue weighted by Gasteiger charge is -2.18. The third-order valence-electron chi connectivity index (χ3n) is 15.6. The van der Waals surface area contributed by atoms with Crippen LogP contribution in [0.3, 0.4) is 0 Å². The molecule has 0 saturated carbocycles. The van der Waals surface area contributed by atoms with Crippen molar-refractivity contribution in [3.8, 4) is 0 Å². The molecule has 1 unspecified atom stereocenters. The molecule has 0 aromatic heterocycles. The van der Waals surface area contributed by atoms with E-state index in [0.29, 0.717) is 19.3 Å². The molecular formula is C72H132O6. The minimum atomic E-state index is -0.774. The molecule has 456 valence electrons. The minimum absolute atomic E-state index is 0.0713. The predicted molar refractivity (Wildman–Crippen MR) is 339 cm³/mol. The molecule has 0 amide bonds. The third kappa shape index (κ3) is 64.2. The molecule has 0 aromatic carbocycles. The molecular weight excluding hydrogens is 961 g/mol. The van der Waals surface area contributed by atoms with Gasteiger partial charge in [0.1, 0.15) is 13.2 Å². The maximum absolute atomic E-state index is 12.9. The molecule has 0 aliphatic heterocycles. The quantitative estimate of drug-likeness (QED) is 0.0261. The van der Waals surface area contributed by atoms with Gasteiger partial charge in [-0.2, -0.15) is 0 Å². The number of esters is 3. The van der Waals surface area contributed by atoms with Crippen molar-refractivity contribution in [1.82, 2.24) is 0 Å². The van der Waals surface area contributed by atoms with Crippen molar-refractivity contribution in [2.45, 2.75) is 380 Å². The Kier molecular flexibility index (Phi) is 64.6. The molecule has 0 rings (SSSR count). The van der Waals surface area contributed by atoms with E-state index in [4.69, 9.17) is 14.2 Å². The number of carbonyl (C=O) groups excluding carboxylic acids is 3. The zero-order chi connectivity index (χ0) is 56.4. The fourth-order valence-corrected chi connectivity index (χ4v) is 10.3. The van der Waals surface area contributed by atoms with E-state index < -0.39 is 6.10 Å². The zero-order valence-corrected chi connectivity index (χ0v) is 52.5. The largest absolute Gasteiger partial charge is 0.462 e. The number of ether oxygens (including phenoxy) is 3. The Balaban J connectivity index is 4.13. The van der Waals surface area contributed by atoms with Gasteiger partial charge in [-0.15, -0.1) is 0 Å². The average molecular weight is 1090 g/mol. The van der Waals surface area contributed by atoms with Crippen LogP contribution in [0.2, 0.25) is 0 Å². The molecule has 0 bridgehead atoms. The van der Waals surface area contributed by atoms with E-state index in [0.717, 1.165) is 77.0 Å². The van der Waals surface area contributed by atoms with E-state index in [1.54, 1.807) is 0 Å². The second-order valence-corrected chi connectivity index (χ2v) is 23.4. The summed E-state index contributed by atoms with van der Waals surface area (Å²) in [7, 11) is 0. The lowest BCUT2D eigenvalue weighted by Crippen LogP contribution is -2.30. The van der Waals surface area contributed by atoms with Gasteiger partial charge in [0, 0.05) is 19.3 Å². The number of hydrogen-bond acceptors (Lipinski definition) is 6. The summed E-state index contributed by atoms with van der Waals surface area (Å²) in [5.41, 5.74) is 0. The van der Waals surface area contributed by atoms with E-state index in [1.807, 2.05) is 0 Å². The van der Waals surface area contributed by atoms with Crippen LogP contribution in [0.15, 0.2) is 48.6 Å². The zero-order valence-electron chi connectivity index (χ0n) is 52.5. The Labute approximate surface area is 486 Å². The summed E-state index contributed by atoms with van der Waals surface area (Å²) in [6.07, 6.45) is 84.3. The Bertz CT molecular complexity index is 1350. The highest BCUT2D eigenvalue weighted by Gasteiger charge is 2.19. The van der Waals surface area contributed by atoms with Crippen LogP contribution in [0, 0.1) is 0 Å². The fourth-order valence-electron chi connectivity index (χ4n) is 10.3. The van der Waals surface area contributed by atoms with Crippen LogP contribution >= 0.6 is 0 Å². The summed E-state index contributed by atoms with van der Waals surface area (Å²) >= 11 is 0. The molecule has 78 heavy (non-hydrogen) atoms. The molecule has 0 fully saturated rings. The van der Waals surface area contributed by atoms with Gasteiger partial charge in [-0.05, 0) is 83.5 Å². The first-order valence-corrected chi connectivity index (χ1v) is 34.6. The molecule has 0 aromatic rings. The first-order chi connectivity index (χ1) is 38.5. The Morgan fingerprint density at radius 1 is 0.256 bits per heavy atom. The van der Waals surface area contributed by atoms with E-state index in [1.165, 1.54) is 257 Å². The van der Waals surface area contributed by atoms with Crippen LogP contribution in [-0.4, -0.2) is 37.2 Å². The maximum atomic E-state index is 12.9. The number of unbranched alkanes of at least 4 members (excludes halogenated alkanes) is 45. The van der Waals surface area contributed by atoms with Crippen LogP contribution in [0.5, 0.6) is 0 Å². The predicted octanol–water partition coefficient (Wildman–Crippen LogP) is 23.7. The summed E-state index contributed by atoms with van der Waals surface area (Å²) in [4.78, 5) is 38.3. The van der Waals surface area contributed by atoms with Crippen LogP contribution in [0.1, 0.15) is 374 Å². The van der Waals surface area contributed by atoms with Gasteiger partial charge in [0.05, 0.1) is 0 Å². The molecule has 0 spiro atoms. The van der Waals surface area contributed by atoms with E-state index in [9.17, 15) is 14.4 Å². The summed E-state index contributed by atoms with van der Waals surface area (Å²) in [5, 5.41) is 0. The lowest BCUT2D eigenvalue weighted by molar-refractivity contribution is -0.167. The van der Waals surface area contributed by atoms with Crippen molar-refractivity contribution in [2.75, 3.05) is 13.2 Å². The number of allylic oxidation sites excluding steroid dienone is 8. The van der Waals surface area contributed by atoms with E-state index >= 15 is 0 Å². The Morgan fingerprint density at radius 3 is 0.718 bits per heavy atom. The smallest absolute Gasteiger partial charge is 0.306 e. The molecule has 6 nitrogen and oxygen atoms in total. The van der Waals surface area contributed by atoms with Gasteiger partial charge in [0.15, 0.2) is 6.10 Å². The normalized spacial score (nSPS) is 12.3. The van der Waals surface area contributed by atoms with Crippen molar-refractivity contribution < 1.29 is 28.6 Å². The first-order valence-electron chi connectivity index (χ1n) is 34.6. The number of hydrogen-bond donors (Lipinski definition) is 0. The Hall–Kier alpha value is -2.63. The maximum Gasteiger partial charge on any atom is 0.306 e. The van der Waals surface area contributed by atoms with Crippen molar-refractivity contribution in [3.05, 3.63) is 48.6 Å². The molecule has 0 N–H and O–H groups in total. The molecule has 0 radical (unpaired) electrons. The summed E-state index contributed by atoms with van der Waals surface area (Å²) in [6, 6.07) is 0. The molecule has 0 saturated heterocycles. The lowest BCUT2D eigenvalue weighted by atomic mass is 10.0. The summed E-state index contributed by atoms with van der Waals surface area (Å²) in [5.74, 6) is -0.856. The van der Waals surface area contributed by atoms with Crippen molar-refractivity contribution in [1.29, 1.82) is 0 Å². The molecule has 1 atom stereocenters. The van der Waals surface area contributed by atoms with Gasteiger partial charge in [0.2, 0.25) is 0 Å². The SMILES string of the molecule is CCCCCC/C=C\C/C=C\CCCCCCCCCC(=O)OC(COC(=O)CCCCCCCCCCCCC)COC(=O)CCCCCCCCCCCCCCCCCCCCC/C=C\C/C=C\CCCCCCC. The molecule has 0 aliphatic carbocycles. The summed E-state index contributed by atoms with van der Waals surface area (Å²) in [6.45, 7) is 6.65. The minimum Gasteiger partial charge on any atom is -0.462 e. The second-order valence-electron chi connectivity index (χ2n) is 23.4. The van der Waals surface area contributed by atoms with Gasteiger partial charge < -0.3 is 14.2 Å². The fraction of sp³-hybridized carbons (Fsp3) is 0.847. The topological polar surface area (TPSA) is 78.9 Å². The van der Waals surface area contributed by atoms with Crippen LogP contribution in [0.4, 0.5) is 0 Å². The van der Waals surface area contributed by atoms with Crippen LogP contribution in [-0.2, 0) is 28.6 Å². The van der Waals surface area contributed by atoms with Crippen molar-refractivity contribution in [2.24, 2.45) is 0 Å². The monoisotopic (exact) mass is 1090 g/mol. The summed E-state index contributed by atoms with van der Waals surface area (Å²) < 4.78 is 16.9. The standard InChI is InChI=1S/C72H132O6/c1-4-7-10-13-16-19-22-24-26-28-30-31-32-33-34-35-36-37-38-39-40-41-42-44-45-47-50-53-56-59-62-65-71(74)77-68-69(67-76-70(73)64-61-58-55-52-49-21-18-15-12-9-6-3)78-72(75)66-63-60-57-54-51-48-46-43-29-27-25-23-20-17-14-11-8-5-2/h20,22-24,27-30,69H,4-19,21,25-26,31-68H2,1-3H3/b23-20-,24-22-,29-27-,30-28-. The highest BCUT2D eigenvalue weighted by Crippen LogP contribution is 2.18. The first kappa shape index (κ1) is 75.4. The number of rotatable bonds is 64. The van der Waals surface area contributed by atoms with Crippen molar-refractivity contribution >= 4 is 17.9 Å². The van der Waals surface area contributed by atoms with Gasteiger partial charge in [-0.25, -0.2) is 0 Å². The molecule has 0 aliphatic rings. The van der Waals surface area contributed by atoms with Crippen LogP contribution in [0.25, 0.3) is 0 Å². The van der Waals surface area contributed by atoms with E-state index in [-0.39, 0.29) is 31.1 Å². The molecule has 0 heterocycles.